The van der Waals surface area contributed by atoms with E-state index in [1.807, 2.05) is 0 Å². The van der Waals surface area contributed by atoms with Gasteiger partial charge in [0, 0.05) is 12.5 Å². The number of amides is 1. The lowest BCUT2D eigenvalue weighted by molar-refractivity contribution is -0.122. The molecule has 2 heterocycles. The Morgan fingerprint density at radius 2 is 1.95 bits per heavy atom. The first-order chi connectivity index (χ1) is 8.94. The second-order valence-electron chi connectivity index (χ2n) is 5.95. The fourth-order valence-corrected chi connectivity index (χ4v) is 4.57. The molecular formula is C13H24N2O3S. The molecule has 5 nitrogen and oxygen atoms in total. The van der Waals surface area contributed by atoms with E-state index >= 15 is 0 Å². The SMILES string of the molecule is CN1CCC(CCC(=O)NC2CCS(=O)(=O)C2)CC1. The van der Waals surface area contributed by atoms with Crippen LogP contribution in [0.1, 0.15) is 32.1 Å². The van der Waals surface area contributed by atoms with Crippen LogP contribution in [-0.2, 0) is 14.6 Å². The summed E-state index contributed by atoms with van der Waals surface area (Å²) >= 11 is 0. The van der Waals surface area contributed by atoms with Crippen LogP contribution in [0.5, 0.6) is 0 Å². The average Bonchev–Trinajstić information content (AvgIpc) is 2.68. The first-order valence-electron chi connectivity index (χ1n) is 7.13. The summed E-state index contributed by atoms with van der Waals surface area (Å²) in [6.45, 7) is 2.24. The third kappa shape index (κ3) is 4.76. The van der Waals surface area contributed by atoms with Gasteiger partial charge in [-0.2, -0.15) is 0 Å². The molecule has 2 aliphatic heterocycles. The number of hydrogen-bond acceptors (Lipinski definition) is 4. The fraction of sp³-hybridized carbons (Fsp3) is 0.923. The summed E-state index contributed by atoms with van der Waals surface area (Å²) < 4.78 is 22.6. The van der Waals surface area contributed by atoms with Gasteiger partial charge in [0.1, 0.15) is 0 Å². The number of sulfone groups is 1. The molecule has 2 fully saturated rings. The first kappa shape index (κ1) is 14.8. The highest BCUT2D eigenvalue weighted by Gasteiger charge is 2.29. The molecule has 2 aliphatic rings. The van der Waals surface area contributed by atoms with Crippen molar-refractivity contribution in [1.82, 2.24) is 10.2 Å². The lowest BCUT2D eigenvalue weighted by Crippen LogP contribution is -2.36. The van der Waals surface area contributed by atoms with Crippen molar-refractivity contribution in [3.63, 3.8) is 0 Å². The van der Waals surface area contributed by atoms with Crippen LogP contribution in [0.2, 0.25) is 0 Å². The normalized spacial score (nSPS) is 28.4. The summed E-state index contributed by atoms with van der Waals surface area (Å²) in [7, 11) is -0.774. The molecule has 0 aromatic rings. The molecule has 1 amide bonds. The van der Waals surface area contributed by atoms with Crippen molar-refractivity contribution in [3.8, 4) is 0 Å². The molecule has 1 atom stereocenters. The van der Waals surface area contributed by atoms with Gasteiger partial charge in [0.15, 0.2) is 9.84 Å². The molecule has 0 aliphatic carbocycles. The van der Waals surface area contributed by atoms with Gasteiger partial charge >= 0.3 is 0 Å². The van der Waals surface area contributed by atoms with E-state index in [4.69, 9.17) is 0 Å². The van der Waals surface area contributed by atoms with Gasteiger partial charge in [-0.1, -0.05) is 0 Å². The molecule has 1 unspecified atom stereocenters. The van der Waals surface area contributed by atoms with E-state index in [0.717, 1.165) is 19.5 Å². The van der Waals surface area contributed by atoms with Crippen molar-refractivity contribution >= 4 is 15.7 Å². The zero-order valence-corrected chi connectivity index (χ0v) is 12.4. The number of nitrogens with zero attached hydrogens (tertiary/aromatic N) is 1. The average molecular weight is 288 g/mol. The van der Waals surface area contributed by atoms with Gasteiger partial charge in [-0.25, -0.2) is 8.42 Å². The van der Waals surface area contributed by atoms with Crippen LogP contribution in [0.4, 0.5) is 0 Å². The number of rotatable bonds is 4. The van der Waals surface area contributed by atoms with Gasteiger partial charge in [-0.3, -0.25) is 4.79 Å². The zero-order chi connectivity index (χ0) is 13.9. The Morgan fingerprint density at radius 3 is 2.53 bits per heavy atom. The van der Waals surface area contributed by atoms with E-state index < -0.39 is 9.84 Å². The van der Waals surface area contributed by atoms with Gasteiger partial charge in [-0.05, 0) is 51.7 Å². The summed E-state index contributed by atoms with van der Waals surface area (Å²) in [5.74, 6) is 0.996. The number of likely N-dealkylation sites (tertiary alicyclic amines) is 1. The monoisotopic (exact) mass is 288 g/mol. The van der Waals surface area contributed by atoms with Crippen molar-refractivity contribution < 1.29 is 13.2 Å². The summed E-state index contributed by atoms with van der Waals surface area (Å²) in [5.41, 5.74) is 0. The van der Waals surface area contributed by atoms with Gasteiger partial charge in [0.25, 0.3) is 0 Å². The summed E-state index contributed by atoms with van der Waals surface area (Å²) in [6.07, 6.45) is 4.37. The molecule has 0 aromatic heterocycles. The molecule has 0 bridgehead atoms. The van der Waals surface area contributed by atoms with Gasteiger partial charge in [-0.15, -0.1) is 0 Å². The highest BCUT2D eigenvalue weighted by molar-refractivity contribution is 7.91. The highest BCUT2D eigenvalue weighted by atomic mass is 32.2. The molecular weight excluding hydrogens is 264 g/mol. The predicted octanol–water partition coefficient (Wildman–Crippen LogP) is 0.412. The van der Waals surface area contributed by atoms with E-state index in [2.05, 4.69) is 17.3 Å². The van der Waals surface area contributed by atoms with Gasteiger partial charge in [0.2, 0.25) is 5.91 Å². The van der Waals surface area contributed by atoms with Crippen molar-refractivity contribution in [1.29, 1.82) is 0 Å². The van der Waals surface area contributed by atoms with E-state index in [0.29, 0.717) is 18.8 Å². The Hall–Kier alpha value is -0.620. The number of hydrogen-bond donors (Lipinski definition) is 1. The summed E-state index contributed by atoms with van der Waals surface area (Å²) in [6, 6.07) is -0.157. The zero-order valence-electron chi connectivity index (χ0n) is 11.6. The van der Waals surface area contributed by atoms with E-state index in [1.165, 1.54) is 12.8 Å². The maximum absolute atomic E-state index is 11.8. The second kappa shape index (κ2) is 6.22. The van der Waals surface area contributed by atoms with Crippen molar-refractivity contribution in [2.24, 2.45) is 5.92 Å². The quantitative estimate of drug-likeness (QED) is 0.814. The molecule has 0 radical (unpaired) electrons. The molecule has 2 rings (SSSR count). The maximum atomic E-state index is 11.8. The molecule has 2 saturated heterocycles. The first-order valence-corrected chi connectivity index (χ1v) is 8.95. The number of piperidine rings is 1. The van der Waals surface area contributed by atoms with Crippen LogP contribution in [0.25, 0.3) is 0 Å². The summed E-state index contributed by atoms with van der Waals surface area (Å²) in [4.78, 5) is 14.1. The lowest BCUT2D eigenvalue weighted by Gasteiger charge is -2.28. The summed E-state index contributed by atoms with van der Waals surface area (Å²) in [5, 5.41) is 2.85. The van der Waals surface area contributed by atoms with Gasteiger partial charge in [0.05, 0.1) is 11.5 Å². The van der Waals surface area contributed by atoms with Crippen molar-refractivity contribution in [2.45, 2.75) is 38.1 Å². The minimum atomic E-state index is -2.90. The largest absolute Gasteiger partial charge is 0.352 e. The third-order valence-corrected chi connectivity index (χ3v) is 5.98. The molecule has 0 spiro atoms. The fourth-order valence-electron chi connectivity index (χ4n) is 2.89. The van der Waals surface area contributed by atoms with Crippen LogP contribution in [0.15, 0.2) is 0 Å². The van der Waals surface area contributed by atoms with Crippen molar-refractivity contribution in [3.05, 3.63) is 0 Å². The Labute approximate surface area is 115 Å². The molecule has 110 valence electrons. The number of carbonyl (C=O) groups is 1. The lowest BCUT2D eigenvalue weighted by atomic mass is 9.92. The van der Waals surface area contributed by atoms with Crippen LogP contribution < -0.4 is 5.32 Å². The van der Waals surface area contributed by atoms with Crippen LogP contribution in [0.3, 0.4) is 0 Å². The van der Waals surface area contributed by atoms with Crippen LogP contribution in [0, 0.1) is 5.92 Å². The standard InChI is InChI=1S/C13H24N2O3S/c1-15-7-4-11(5-8-15)2-3-13(16)14-12-6-9-19(17,18)10-12/h11-12H,2-10H2,1H3,(H,14,16). The van der Waals surface area contributed by atoms with E-state index in [1.54, 1.807) is 0 Å². The van der Waals surface area contributed by atoms with E-state index in [9.17, 15) is 13.2 Å². The number of nitrogens with one attached hydrogen (secondary N) is 1. The molecule has 0 aromatic carbocycles. The number of carbonyl (C=O) groups excluding carboxylic acids is 1. The van der Waals surface area contributed by atoms with Crippen LogP contribution in [-0.4, -0.2) is 56.9 Å². The predicted molar refractivity (Wildman–Crippen MR) is 74.7 cm³/mol. The Kier molecular flexibility index (Phi) is 4.84. The molecule has 19 heavy (non-hydrogen) atoms. The highest BCUT2D eigenvalue weighted by Crippen LogP contribution is 2.21. The molecule has 0 saturated carbocycles. The Balaban J connectivity index is 1.65. The second-order valence-corrected chi connectivity index (χ2v) is 8.18. The minimum Gasteiger partial charge on any atom is -0.352 e. The van der Waals surface area contributed by atoms with E-state index in [-0.39, 0.29) is 23.5 Å². The third-order valence-electron chi connectivity index (χ3n) is 4.22. The topological polar surface area (TPSA) is 66.5 Å². The maximum Gasteiger partial charge on any atom is 0.220 e. The molecule has 6 heteroatoms. The molecule has 1 N–H and O–H groups in total. The van der Waals surface area contributed by atoms with Crippen molar-refractivity contribution in [2.75, 3.05) is 31.6 Å². The Bertz CT molecular complexity index is 414. The smallest absolute Gasteiger partial charge is 0.220 e. The van der Waals surface area contributed by atoms with Gasteiger partial charge < -0.3 is 10.2 Å². The minimum absolute atomic E-state index is 0.0148. The van der Waals surface area contributed by atoms with Crippen LogP contribution >= 0.6 is 0 Å². The Morgan fingerprint density at radius 1 is 1.26 bits per heavy atom.